The molecule has 1 aliphatic rings. The SMILES string of the molecule is O=C(O)C[C@@H]1CCCN1C(=O)CCc1ccccc1. The van der Waals surface area contributed by atoms with Crippen LogP contribution in [0.15, 0.2) is 30.3 Å². The van der Waals surface area contributed by atoms with Gasteiger partial charge in [0, 0.05) is 19.0 Å². The molecule has 1 heterocycles. The third-order valence-electron chi connectivity index (χ3n) is 3.58. The van der Waals surface area contributed by atoms with E-state index in [1.54, 1.807) is 4.90 Å². The molecule has 1 aromatic carbocycles. The van der Waals surface area contributed by atoms with Gasteiger partial charge in [0.1, 0.15) is 0 Å². The number of carbonyl (C=O) groups is 2. The number of amides is 1. The predicted octanol–water partition coefficient (Wildman–Crippen LogP) is 2.08. The largest absolute Gasteiger partial charge is 0.481 e. The van der Waals surface area contributed by atoms with Crippen molar-refractivity contribution in [3.05, 3.63) is 35.9 Å². The van der Waals surface area contributed by atoms with E-state index in [0.29, 0.717) is 13.0 Å². The lowest BCUT2D eigenvalue weighted by Crippen LogP contribution is -2.36. The van der Waals surface area contributed by atoms with E-state index in [2.05, 4.69) is 0 Å². The molecule has 102 valence electrons. The molecule has 0 aliphatic carbocycles. The highest BCUT2D eigenvalue weighted by Gasteiger charge is 2.29. The Kier molecular flexibility index (Phi) is 4.55. The van der Waals surface area contributed by atoms with Crippen molar-refractivity contribution in [2.45, 2.75) is 38.1 Å². The van der Waals surface area contributed by atoms with Gasteiger partial charge >= 0.3 is 5.97 Å². The Bertz CT molecular complexity index is 444. The number of carboxylic acid groups (broad SMARTS) is 1. The van der Waals surface area contributed by atoms with Gasteiger partial charge in [-0.3, -0.25) is 9.59 Å². The van der Waals surface area contributed by atoms with E-state index in [0.717, 1.165) is 24.8 Å². The minimum absolute atomic E-state index is 0.0665. The van der Waals surface area contributed by atoms with Crippen LogP contribution in [0.3, 0.4) is 0 Å². The quantitative estimate of drug-likeness (QED) is 0.883. The lowest BCUT2D eigenvalue weighted by molar-refractivity contribution is -0.139. The van der Waals surface area contributed by atoms with Crippen molar-refractivity contribution < 1.29 is 14.7 Å². The van der Waals surface area contributed by atoms with E-state index in [-0.39, 0.29) is 18.4 Å². The van der Waals surface area contributed by atoms with Crippen molar-refractivity contribution in [2.75, 3.05) is 6.54 Å². The van der Waals surface area contributed by atoms with E-state index in [4.69, 9.17) is 5.11 Å². The van der Waals surface area contributed by atoms with Gasteiger partial charge in [-0.05, 0) is 24.8 Å². The molecule has 1 amide bonds. The highest BCUT2D eigenvalue weighted by Crippen LogP contribution is 2.21. The van der Waals surface area contributed by atoms with Crippen LogP contribution < -0.4 is 0 Å². The molecule has 4 nitrogen and oxygen atoms in total. The number of aryl methyl sites for hydroxylation is 1. The van der Waals surface area contributed by atoms with Crippen LogP contribution in [0.5, 0.6) is 0 Å². The smallest absolute Gasteiger partial charge is 0.305 e. The molecule has 2 rings (SSSR count). The minimum atomic E-state index is -0.826. The molecule has 4 heteroatoms. The highest BCUT2D eigenvalue weighted by molar-refractivity contribution is 5.78. The lowest BCUT2D eigenvalue weighted by Gasteiger charge is -2.23. The van der Waals surface area contributed by atoms with E-state index in [1.807, 2.05) is 30.3 Å². The Morgan fingerprint density at radius 2 is 2.00 bits per heavy atom. The van der Waals surface area contributed by atoms with E-state index in [9.17, 15) is 9.59 Å². The predicted molar refractivity (Wildman–Crippen MR) is 71.8 cm³/mol. The van der Waals surface area contributed by atoms with E-state index < -0.39 is 5.97 Å². The standard InChI is InChI=1S/C15H19NO3/c17-14(9-8-12-5-2-1-3-6-12)16-10-4-7-13(16)11-15(18)19/h1-3,5-6,13H,4,7-11H2,(H,18,19)/t13-/m0/s1. The summed E-state index contributed by atoms with van der Waals surface area (Å²) in [5, 5.41) is 8.84. The molecule has 19 heavy (non-hydrogen) atoms. The van der Waals surface area contributed by atoms with Crippen molar-refractivity contribution in [3.8, 4) is 0 Å². The summed E-state index contributed by atoms with van der Waals surface area (Å²) < 4.78 is 0. The number of carboxylic acids is 1. The highest BCUT2D eigenvalue weighted by atomic mass is 16.4. The van der Waals surface area contributed by atoms with Crippen molar-refractivity contribution in [1.82, 2.24) is 4.90 Å². The number of hydrogen-bond donors (Lipinski definition) is 1. The molecular weight excluding hydrogens is 242 g/mol. The molecule has 1 aliphatic heterocycles. The van der Waals surface area contributed by atoms with Gasteiger partial charge in [0.05, 0.1) is 6.42 Å². The van der Waals surface area contributed by atoms with E-state index >= 15 is 0 Å². The van der Waals surface area contributed by atoms with Gasteiger partial charge in [0.25, 0.3) is 0 Å². The van der Waals surface area contributed by atoms with E-state index in [1.165, 1.54) is 0 Å². The van der Waals surface area contributed by atoms with Crippen molar-refractivity contribution >= 4 is 11.9 Å². The van der Waals surface area contributed by atoms with Gasteiger partial charge in [-0.2, -0.15) is 0 Å². The van der Waals surface area contributed by atoms with Gasteiger partial charge in [0.2, 0.25) is 5.91 Å². The summed E-state index contributed by atoms with van der Waals surface area (Å²) in [6, 6.07) is 9.78. The number of nitrogens with zero attached hydrogens (tertiary/aromatic N) is 1. The third-order valence-corrected chi connectivity index (χ3v) is 3.58. The summed E-state index contributed by atoms with van der Waals surface area (Å²) in [6.07, 6.45) is 2.96. The first-order valence-corrected chi connectivity index (χ1v) is 6.72. The lowest BCUT2D eigenvalue weighted by atomic mass is 10.1. The van der Waals surface area contributed by atoms with Gasteiger partial charge in [-0.25, -0.2) is 0 Å². The normalized spacial score (nSPS) is 18.5. The Morgan fingerprint density at radius 1 is 1.26 bits per heavy atom. The molecule has 0 spiro atoms. The molecule has 1 fully saturated rings. The average molecular weight is 261 g/mol. The summed E-state index contributed by atoms with van der Waals surface area (Å²) in [4.78, 5) is 24.7. The summed E-state index contributed by atoms with van der Waals surface area (Å²) in [7, 11) is 0. The first-order chi connectivity index (χ1) is 9.16. The molecule has 1 atom stereocenters. The van der Waals surface area contributed by atoms with Crippen molar-refractivity contribution in [2.24, 2.45) is 0 Å². The second-order valence-corrected chi connectivity index (χ2v) is 4.97. The number of rotatable bonds is 5. The Hall–Kier alpha value is -1.84. The number of aliphatic carboxylic acids is 1. The maximum atomic E-state index is 12.1. The monoisotopic (exact) mass is 261 g/mol. The zero-order chi connectivity index (χ0) is 13.7. The first kappa shape index (κ1) is 13.6. The van der Waals surface area contributed by atoms with Crippen molar-refractivity contribution in [1.29, 1.82) is 0 Å². The van der Waals surface area contributed by atoms with Crippen LogP contribution in [-0.4, -0.2) is 34.5 Å². The number of benzene rings is 1. The number of carbonyl (C=O) groups excluding carboxylic acids is 1. The van der Waals surface area contributed by atoms with Crippen LogP contribution in [-0.2, 0) is 16.0 Å². The zero-order valence-electron chi connectivity index (χ0n) is 10.9. The van der Waals surface area contributed by atoms with Crippen LogP contribution in [0.25, 0.3) is 0 Å². The molecule has 0 unspecified atom stereocenters. The molecule has 1 N–H and O–H groups in total. The summed E-state index contributed by atoms with van der Waals surface area (Å²) >= 11 is 0. The van der Waals surface area contributed by atoms with Gasteiger partial charge in [-0.15, -0.1) is 0 Å². The van der Waals surface area contributed by atoms with Crippen LogP contribution >= 0.6 is 0 Å². The van der Waals surface area contributed by atoms with Gasteiger partial charge < -0.3 is 10.0 Å². The first-order valence-electron chi connectivity index (χ1n) is 6.72. The Morgan fingerprint density at radius 3 is 2.68 bits per heavy atom. The second kappa shape index (κ2) is 6.36. The minimum Gasteiger partial charge on any atom is -0.481 e. The van der Waals surface area contributed by atoms with Gasteiger partial charge in [0.15, 0.2) is 0 Å². The molecular formula is C15H19NO3. The Labute approximate surface area is 113 Å². The summed E-state index contributed by atoms with van der Waals surface area (Å²) in [6.45, 7) is 0.700. The molecule has 0 radical (unpaired) electrons. The van der Waals surface area contributed by atoms with Crippen LogP contribution in [0.4, 0.5) is 0 Å². The van der Waals surface area contributed by atoms with Crippen molar-refractivity contribution in [3.63, 3.8) is 0 Å². The van der Waals surface area contributed by atoms with Crippen LogP contribution in [0.2, 0.25) is 0 Å². The number of likely N-dealkylation sites (tertiary alicyclic amines) is 1. The average Bonchev–Trinajstić information content (AvgIpc) is 2.84. The van der Waals surface area contributed by atoms with Crippen LogP contribution in [0, 0.1) is 0 Å². The molecule has 0 aromatic heterocycles. The fourth-order valence-corrected chi connectivity index (χ4v) is 2.62. The molecule has 1 aromatic rings. The maximum absolute atomic E-state index is 12.1. The summed E-state index contributed by atoms with van der Waals surface area (Å²) in [5.41, 5.74) is 1.14. The topological polar surface area (TPSA) is 57.6 Å². The molecule has 1 saturated heterocycles. The molecule has 0 saturated carbocycles. The van der Waals surface area contributed by atoms with Gasteiger partial charge in [-0.1, -0.05) is 30.3 Å². The fourth-order valence-electron chi connectivity index (χ4n) is 2.62. The van der Waals surface area contributed by atoms with Crippen LogP contribution in [0.1, 0.15) is 31.2 Å². The number of hydrogen-bond acceptors (Lipinski definition) is 2. The fraction of sp³-hybridized carbons (Fsp3) is 0.467. The second-order valence-electron chi connectivity index (χ2n) is 4.97. The summed E-state index contributed by atoms with van der Waals surface area (Å²) in [5.74, 6) is -0.750. The zero-order valence-corrected chi connectivity index (χ0v) is 10.9. The third kappa shape index (κ3) is 3.81. The Balaban J connectivity index is 1.87. The maximum Gasteiger partial charge on any atom is 0.305 e. The molecule has 0 bridgehead atoms.